The molecule has 6 heteroatoms. The van der Waals surface area contributed by atoms with Crippen LogP contribution in [0.4, 0.5) is 0 Å². The molecule has 0 saturated carbocycles. The van der Waals surface area contributed by atoms with Crippen molar-refractivity contribution in [3.05, 3.63) is 23.8 Å². The minimum absolute atomic E-state index is 0.336. The molecule has 0 spiro atoms. The minimum Gasteiger partial charge on any atom is -0.467 e. The molecule has 1 heterocycles. The standard InChI is InChI=1S/C14H19BO5/c1-13(2)14(3,4)20-15(19-13)11-5-6-12(18-9-17)10(7-11)8-16/h5-8,17H,9H2,1-4H3. The Kier molecular flexibility index (Phi) is 3.91. The maximum absolute atomic E-state index is 11.1. The number of hydrogen-bond donors (Lipinski definition) is 1. The molecule has 0 aliphatic carbocycles. The zero-order valence-electron chi connectivity index (χ0n) is 12.2. The van der Waals surface area contributed by atoms with Gasteiger partial charge in [0.25, 0.3) is 0 Å². The lowest BCUT2D eigenvalue weighted by Gasteiger charge is -2.32. The van der Waals surface area contributed by atoms with Crippen LogP contribution in [0, 0.1) is 0 Å². The number of carbonyl (C=O) groups excluding carboxylic acids is 1. The normalized spacial score (nSPS) is 19.9. The van der Waals surface area contributed by atoms with Crippen molar-refractivity contribution in [3.8, 4) is 5.75 Å². The van der Waals surface area contributed by atoms with E-state index >= 15 is 0 Å². The summed E-state index contributed by atoms with van der Waals surface area (Å²) < 4.78 is 16.8. The van der Waals surface area contributed by atoms with Gasteiger partial charge in [-0.1, -0.05) is 6.07 Å². The minimum atomic E-state index is -0.526. The lowest BCUT2D eigenvalue weighted by molar-refractivity contribution is 0.00578. The van der Waals surface area contributed by atoms with Gasteiger partial charge in [0.15, 0.2) is 13.1 Å². The Labute approximate surface area is 119 Å². The first-order valence-corrected chi connectivity index (χ1v) is 6.49. The average molecular weight is 278 g/mol. The highest BCUT2D eigenvalue weighted by molar-refractivity contribution is 6.62. The van der Waals surface area contributed by atoms with Gasteiger partial charge in [-0.05, 0) is 45.3 Å². The maximum atomic E-state index is 11.1. The summed E-state index contributed by atoms with van der Waals surface area (Å²) >= 11 is 0. The van der Waals surface area contributed by atoms with Gasteiger partial charge in [0, 0.05) is 0 Å². The molecular weight excluding hydrogens is 259 g/mol. The Balaban J connectivity index is 2.29. The molecular formula is C14H19BO5. The number of aliphatic hydroxyl groups excluding tert-OH is 1. The zero-order chi connectivity index (χ0) is 15.0. The number of aldehydes is 1. The van der Waals surface area contributed by atoms with E-state index in [-0.39, 0.29) is 0 Å². The van der Waals surface area contributed by atoms with Crippen molar-refractivity contribution in [2.24, 2.45) is 0 Å². The van der Waals surface area contributed by atoms with Crippen LogP contribution < -0.4 is 10.2 Å². The largest absolute Gasteiger partial charge is 0.494 e. The summed E-state index contributed by atoms with van der Waals surface area (Å²) in [6.07, 6.45) is 0.680. The molecule has 1 N–H and O–H groups in total. The van der Waals surface area contributed by atoms with Crippen LogP contribution in [0.5, 0.6) is 5.75 Å². The third kappa shape index (κ3) is 2.59. The van der Waals surface area contributed by atoms with Gasteiger partial charge in [-0.3, -0.25) is 4.79 Å². The van der Waals surface area contributed by atoms with E-state index in [0.29, 0.717) is 17.6 Å². The first kappa shape index (κ1) is 15.0. The van der Waals surface area contributed by atoms with E-state index in [4.69, 9.17) is 19.2 Å². The summed E-state index contributed by atoms with van der Waals surface area (Å²) in [7, 11) is -0.526. The Morgan fingerprint density at radius 3 is 2.35 bits per heavy atom. The molecule has 0 atom stereocenters. The van der Waals surface area contributed by atoms with Crippen LogP contribution >= 0.6 is 0 Å². The molecule has 20 heavy (non-hydrogen) atoms. The van der Waals surface area contributed by atoms with E-state index in [0.717, 1.165) is 5.46 Å². The number of ether oxygens (including phenoxy) is 1. The number of benzene rings is 1. The number of hydrogen-bond acceptors (Lipinski definition) is 5. The van der Waals surface area contributed by atoms with Crippen LogP contribution in [0.15, 0.2) is 18.2 Å². The monoisotopic (exact) mass is 278 g/mol. The summed E-state index contributed by atoms with van der Waals surface area (Å²) in [5.41, 5.74) is 0.237. The van der Waals surface area contributed by atoms with E-state index in [1.807, 2.05) is 27.7 Å². The SMILES string of the molecule is CC1(C)OB(c2ccc(OCO)c(C=O)c2)OC1(C)C. The van der Waals surface area contributed by atoms with Crippen LogP contribution in [-0.4, -0.2) is 36.5 Å². The first-order chi connectivity index (χ1) is 9.30. The fourth-order valence-corrected chi connectivity index (χ4v) is 1.99. The molecule has 1 aliphatic heterocycles. The lowest BCUT2D eigenvalue weighted by Crippen LogP contribution is -2.41. The van der Waals surface area contributed by atoms with Gasteiger partial charge in [-0.25, -0.2) is 0 Å². The van der Waals surface area contributed by atoms with Gasteiger partial charge in [0.2, 0.25) is 0 Å². The second-order valence-corrected chi connectivity index (χ2v) is 5.78. The second kappa shape index (κ2) is 5.20. The van der Waals surface area contributed by atoms with Crippen molar-refractivity contribution in [3.63, 3.8) is 0 Å². The number of rotatable bonds is 4. The second-order valence-electron chi connectivity index (χ2n) is 5.78. The van der Waals surface area contributed by atoms with E-state index in [2.05, 4.69) is 0 Å². The smallest absolute Gasteiger partial charge is 0.467 e. The van der Waals surface area contributed by atoms with Crippen molar-refractivity contribution in [2.45, 2.75) is 38.9 Å². The summed E-state index contributed by atoms with van der Waals surface area (Å²) in [5, 5.41) is 8.77. The molecule has 0 aromatic heterocycles. The van der Waals surface area contributed by atoms with E-state index in [1.54, 1.807) is 18.2 Å². The fourth-order valence-electron chi connectivity index (χ4n) is 1.99. The Morgan fingerprint density at radius 2 is 1.85 bits per heavy atom. The van der Waals surface area contributed by atoms with Crippen LogP contribution in [0.1, 0.15) is 38.1 Å². The van der Waals surface area contributed by atoms with Gasteiger partial charge in [0.05, 0.1) is 16.8 Å². The topological polar surface area (TPSA) is 65.0 Å². The van der Waals surface area contributed by atoms with E-state index in [1.165, 1.54) is 0 Å². The van der Waals surface area contributed by atoms with Crippen LogP contribution in [0.3, 0.4) is 0 Å². The van der Waals surface area contributed by atoms with Crippen molar-refractivity contribution >= 4 is 18.9 Å². The van der Waals surface area contributed by atoms with Crippen LogP contribution in [-0.2, 0) is 9.31 Å². The summed E-state index contributed by atoms with van der Waals surface area (Å²) in [6, 6.07) is 5.04. The quantitative estimate of drug-likeness (QED) is 0.508. The third-order valence-corrected chi connectivity index (χ3v) is 3.91. The molecule has 1 fully saturated rings. The molecule has 0 unspecified atom stereocenters. The van der Waals surface area contributed by atoms with Crippen molar-refractivity contribution in [1.82, 2.24) is 0 Å². The van der Waals surface area contributed by atoms with E-state index < -0.39 is 25.1 Å². The Hall–Kier alpha value is -1.37. The first-order valence-electron chi connectivity index (χ1n) is 6.49. The highest BCUT2D eigenvalue weighted by Crippen LogP contribution is 2.36. The van der Waals surface area contributed by atoms with Gasteiger partial charge in [-0.15, -0.1) is 0 Å². The molecule has 1 aliphatic rings. The highest BCUT2D eigenvalue weighted by Gasteiger charge is 2.51. The highest BCUT2D eigenvalue weighted by atomic mass is 16.7. The number of aliphatic hydroxyl groups is 1. The molecule has 5 nitrogen and oxygen atoms in total. The van der Waals surface area contributed by atoms with Gasteiger partial charge >= 0.3 is 7.12 Å². The van der Waals surface area contributed by atoms with Crippen molar-refractivity contribution < 1.29 is 23.9 Å². The lowest BCUT2D eigenvalue weighted by atomic mass is 9.78. The predicted molar refractivity (Wildman–Crippen MR) is 75.3 cm³/mol. The molecule has 2 rings (SSSR count). The molecule has 1 aromatic carbocycles. The molecule has 1 aromatic rings. The summed E-state index contributed by atoms with van der Waals surface area (Å²) in [6.45, 7) is 7.40. The summed E-state index contributed by atoms with van der Waals surface area (Å²) in [5.74, 6) is 0.336. The van der Waals surface area contributed by atoms with Crippen molar-refractivity contribution in [1.29, 1.82) is 0 Å². The third-order valence-electron chi connectivity index (χ3n) is 3.91. The van der Waals surface area contributed by atoms with E-state index in [9.17, 15) is 4.79 Å². The van der Waals surface area contributed by atoms with Crippen LogP contribution in [0.25, 0.3) is 0 Å². The van der Waals surface area contributed by atoms with Gasteiger partial charge in [0.1, 0.15) is 5.75 Å². The molecule has 0 bridgehead atoms. The fraction of sp³-hybridized carbons (Fsp3) is 0.500. The molecule has 108 valence electrons. The maximum Gasteiger partial charge on any atom is 0.494 e. The van der Waals surface area contributed by atoms with Gasteiger partial charge < -0.3 is 19.2 Å². The average Bonchev–Trinajstić information content (AvgIpc) is 2.59. The zero-order valence-corrected chi connectivity index (χ0v) is 12.2. The molecule has 0 amide bonds. The summed E-state index contributed by atoms with van der Waals surface area (Å²) in [4.78, 5) is 11.1. The number of carbonyl (C=O) groups is 1. The molecule has 1 saturated heterocycles. The predicted octanol–water partition coefficient (Wildman–Crippen LogP) is 1.13. The molecule has 0 radical (unpaired) electrons. The van der Waals surface area contributed by atoms with Crippen molar-refractivity contribution in [2.75, 3.05) is 6.79 Å². The Morgan fingerprint density at radius 1 is 1.25 bits per heavy atom. The Bertz CT molecular complexity index is 496. The van der Waals surface area contributed by atoms with Crippen LogP contribution in [0.2, 0.25) is 0 Å². The van der Waals surface area contributed by atoms with Gasteiger partial charge in [-0.2, -0.15) is 0 Å².